The van der Waals surface area contributed by atoms with Crippen LogP contribution < -0.4 is 5.32 Å². The van der Waals surface area contributed by atoms with E-state index in [1.54, 1.807) is 32.0 Å². The average Bonchev–Trinajstić information content (AvgIpc) is 2.78. The molecule has 0 atom stereocenters. The van der Waals surface area contributed by atoms with Crippen LogP contribution in [0.5, 0.6) is 0 Å². The third-order valence-electron chi connectivity index (χ3n) is 3.29. The summed E-state index contributed by atoms with van der Waals surface area (Å²) in [6.07, 6.45) is 0.790. The van der Waals surface area contributed by atoms with E-state index in [9.17, 15) is 9.59 Å². The molecule has 0 unspecified atom stereocenters. The molecule has 1 aromatic heterocycles. The monoisotopic (exact) mass is 304 g/mol. The van der Waals surface area contributed by atoms with Gasteiger partial charge < -0.3 is 14.8 Å². The van der Waals surface area contributed by atoms with Crippen molar-refractivity contribution in [3.63, 3.8) is 0 Å². The number of nitrogens with one attached hydrogen (secondary N) is 1. The summed E-state index contributed by atoms with van der Waals surface area (Å²) in [5.41, 5.74) is 1.41. The Morgan fingerprint density at radius 2 is 2.05 bits per heavy atom. The molecular weight excluding hydrogens is 284 g/mol. The first kappa shape index (κ1) is 16.0. The van der Waals surface area contributed by atoms with Crippen molar-refractivity contribution in [3.05, 3.63) is 24.1 Å². The minimum atomic E-state index is -0.908. The number of rotatable bonds is 6. The van der Waals surface area contributed by atoms with E-state index in [1.807, 2.05) is 6.92 Å². The van der Waals surface area contributed by atoms with Crippen LogP contribution >= 0.6 is 0 Å². The topological polar surface area (TPSA) is 92.4 Å². The summed E-state index contributed by atoms with van der Waals surface area (Å²) < 4.78 is 5.51. The molecule has 6 nitrogen and oxygen atoms in total. The number of aliphatic carboxylic acids is 1. The van der Waals surface area contributed by atoms with Gasteiger partial charge in [-0.15, -0.1) is 0 Å². The third kappa shape index (κ3) is 4.07. The molecule has 0 aliphatic rings. The molecule has 0 fully saturated rings. The number of carboxylic acids is 1. The second kappa shape index (κ2) is 6.17. The van der Waals surface area contributed by atoms with E-state index in [0.29, 0.717) is 29.1 Å². The number of amides is 1. The van der Waals surface area contributed by atoms with Crippen LogP contribution in [0.3, 0.4) is 0 Å². The molecule has 0 aliphatic carbocycles. The number of carboxylic acid groups (broad SMARTS) is 1. The van der Waals surface area contributed by atoms with Gasteiger partial charge in [0.05, 0.1) is 6.42 Å². The van der Waals surface area contributed by atoms with Crippen molar-refractivity contribution in [2.24, 2.45) is 5.41 Å². The average molecular weight is 304 g/mol. The molecule has 1 heterocycles. The van der Waals surface area contributed by atoms with Crippen LogP contribution in [-0.4, -0.2) is 22.0 Å². The fraction of sp³-hybridized carbons (Fsp3) is 0.438. The normalized spacial score (nSPS) is 11.6. The Morgan fingerprint density at radius 3 is 2.68 bits per heavy atom. The number of hydrogen-bond donors (Lipinski definition) is 2. The molecule has 0 spiro atoms. The van der Waals surface area contributed by atoms with Crippen molar-refractivity contribution in [2.45, 2.75) is 40.0 Å². The summed E-state index contributed by atoms with van der Waals surface area (Å²) in [6, 6.07) is 5.26. The maximum Gasteiger partial charge on any atom is 0.303 e. The van der Waals surface area contributed by atoms with Crippen molar-refractivity contribution >= 4 is 28.7 Å². The zero-order valence-electron chi connectivity index (χ0n) is 13.0. The molecule has 2 aromatic rings. The number of benzene rings is 1. The summed E-state index contributed by atoms with van der Waals surface area (Å²) in [5.74, 6) is -0.472. The minimum absolute atomic E-state index is 0.0530. The molecule has 1 amide bonds. The predicted octanol–water partition coefficient (Wildman–Crippen LogP) is 3.22. The van der Waals surface area contributed by atoms with Crippen molar-refractivity contribution in [1.29, 1.82) is 0 Å². The van der Waals surface area contributed by atoms with Gasteiger partial charge in [-0.2, -0.15) is 0 Å². The molecule has 2 rings (SSSR count). The first-order chi connectivity index (χ1) is 10.3. The molecule has 6 heteroatoms. The Hall–Kier alpha value is -2.37. The molecule has 0 saturated carbocycles. The Morgan fingerprint density at radius 1 is 1.32 bits per heavy atom. The van der Waals surface area contributed by atoms with Crippen molar-refractivity contribution < 1.29 is 19.1 Å². The first-order valence-corrected chi connectivity index (χ1v) is 7.20. The number of anilines is 1. The van der Waals surface area contributed by atoms with Gasteiger partial charge in [-0.05, 0) is 23.6 Å². The molecule has 0 aliphatic heterocycles. The first-order valence-electron chi connectivity index (χ1n) is 7.20. The van der Waals surface area contributed by atoms with E-state index >= 15 is 0 Å². The lowest BCUT2D eigenvalue weighted by molar-refractivity contribution is -0.139. The summed E-state index contributed by atoms with van der Waals surface area (Å²) >= 11 is 0. The van der Waals surface area contributed by atoms with Crippen LogP contribution in [0.2, 0.25) is 0 Å². The molecule has 0 radical (unpaired) electrons. The van der Waals surface area contributed by atoms with Gasteiger partial charge in [0.2, 0.25) is 5.91 Å². The Balaban J connectivity index is 2.06. The quantitative estimate of drug-likeness (QED) is 0.854. The molecule has 22 heavy (non-hydrogen) atoms. The number of fused-ring (bicyclic) bond motifs is 1. The highest BCUT2D eigenvalue weighted by Crippen LogP contribution is 2.26. The molecule has 0 saturated heterocycles. The molecule has 1 aromatic carbocycles. The standard InChI is InChI=1S/C16H20N2O4/c1-4-14-18-11-7-10(5-6-12(11)22-14)17-13(19)8-16(2,3)9-15(20)21/h5-7H,4,8-9H2,1-3H3,(H,17,19)(H,20,21). The fourth-order valence-electron chi connectivity index (χ4n) is 2.32. The number of carbonyl (C=O) groups is 2. The van der Waals surface area contributed by atoms with Crippen LogP contribution in [0.25, 0.3) is 11.1 Å². The predicted molar refractivity (Wildman–Crippen MR) is 82.7 cm³/mol. The van der Waals surface area contributed by atoms with E-state index < -0.39 is 11.4 Å². The van der Waals surface area contributed by atoms with Crippen LogP contribution in [0, 0.1) is 5.41 Å². The molecule has 118 valence electrons. The highest BCUT2D eigenvalue weighted by Gasteiger charge is 2.25. The summed E-state index contributed by atoms with van der Waals surface area (Å²) in [4.78, 5) is 27.2. The fourth-order valence-corrected chi connectivity index (χ4v) is 2.32. The van der Waals surface area contributed by atoms with Gasteiger partial charge in [-0.3, -0.25) is 9.59 Å². The maximum atomic E-state index is 12.1. The van der Waals surface area contributed by atoms with Crippen molar-refractivity contribution in [3.8, 4) is 0 Å². The SMILES string of the molecule is CCc1nc2cc(NC(=O)CC(C)(C)CC(=O)O)ccc2o1. The Labute approximate surface area is 128 Å². The number of oxazole rings is 1. The van der Waals surface area contributed by atoms with E-state index in [2.05, 4.69) is 10.3 Å². The smallest absolute Gasteiger partial charge is 0.303 e. The van der Waals surface area contributed by atoms with E-state index in [1.165, 1.54) is 0 Å². The van der Waals surface area contributed by atoms with Gasteiger partial charge >= 0.3 is 5.97 Å². The van der Waals surface area contributed by atoms with Crippen LogP contribution in [-0.2, 0) is 16.0 Å². The second-order valence-corrected chi connectivity index (χ2v) is 6.10. The lowest BCUT2D eigenvalue weighted by atomic mass is 9.85. The van der Waals surface area contributed by atoms with Gasteiger partial charge in [0, 0.05) is 18.5 Å². The highest BCUT2D eigenvalue weighted by molar-refractivity contribution is 5.93. The van der Waals surface area contributed by atoms with Gasteiger partial charge in [0.25, 0.3) is 0 Å². The Bertz CT molecular complexity index is 703. The summed E-state index contributed by atoms with van der Waals surface area (Å²) in [7, 11) is 0. The third-order valence-corrected chi connectivity index (χ3v) is 3.29. The van der Waals surface area contributed by atoms with Crippen LogP contribution in [0.1, 0.15) is 39.5 Å². The van der Waals surface area contributed by atoms with Gasteiger partial charge in [0.1, 0.15) is 5.52 Å². The number of carbonyl (C=O) groups excluding carboxylic acids is 1. The Kier molecular flexibility index (Phi) is 4.49. The van der Waals surface area contributed by atoms with Crippen molar-refractivity contribution in [2.75, 3.05) is 5.32 Å². The largest absolute Gasteiger partial charge is 0.481 e. The molecule has 0 bridgehead atoms. The minimum Gasteiger partial charge on any atom is -0.481 e. The summed E-state index contributed by atoms with van der Waals surface area (Å²) in [5, 5.41) is 11.6. The lowest BCUT2D eigenvalue weighted by Gasteiger charge is -2.21. The van der Waals surface area contributed by atoms with Gasteiger partial charge in [-0.25, -0.2) is 4.98 Å². The van der Waals surface area contributed by atoms with E-state index in [-0.39, 0.29) is 18.7 Å². The van der Waals surface area contributed by atoms with E-state index in [0.717, 1.165) is 0 Å². The van der Waals surface area contributed by atoms with Crippen LogP contribution in [0.4, 0.5) is 5.69 Å². The number of aryl methyl sites for hydroxylation is 1. The summed E-state index contributed by atoms with van der Waals surface area (Å²) in [6.45, 7) is 5.47. The van der Waals surface area contributed by atoms with E-state index in [4.69, 9.17) is 9.52 Å². The molecule has 2 N–H and O–H groups in total. The maximum absolute atomic E-state index is 12.1. The molecular formula is C16H20N2O4. The number of nitrogens with zero attached hydrogens (tertiary/aromatic N) is 1. The zero-order valence-corrected chi connectivity index (χ0v) is 13.0. The number of aromatic nitrogens is 1. The highest BCUT2D eigenvalue weighted by atomic mass is 16.4. The lowest BCUT2D eigenvalue weighted by Crippen LogP contribution is -2.24. The number of hydrogen-bond acceptors (Lipinski definition) is 4. The van der Waals surface area contributed by atoms with Gasteiger partial charge in [0.15, 0.2) is 11.5 Å². The van der Waals surface area contributed by atoms with Crippen molar-refractivity contribution in [1.82, 2.24) is 4.98 Å². The van der Waals surface area contributed by atoms with Gasteiger partial charge in [-0.1, -0.05) is 20.8 Å². The zero-order chi connectivity index (χ0) is 16.3. The van der Waals surface area contributed by atoms with Crippen LogP contribution in [0.15, 0.2) is 22.6 Å². The second-order valence-electron chi connectivity index (χ2n) is 6.10.